The molecule has 1 N–H and O–H groups in total. The van der Waals surface area contributed by atoms with Crippen molar-refractivity contribution in [3.05, 3.63) is 90.2 Å². The highest BCUT2D eigenvalue weighted by molar-refractivity contribution is 5.77. The molecule has 0 aliphatic carbocycles. The molecule has 3 aromatic carbocycles. The number of para-hydroxylation sites is 1. The van der Waals surface area contributed by atoms with Gasteiger partial charge in [0.05, 0.1) is 0 Å². The van der Waals surface area contributed by atoms with E-state index < -0.39 is 0 Å². The first kappa shape index (κ1) is 13.4. The Labute approximate surface area is 124 Å². The Kier molecular flexibility index (Phi) is 3.97. The zero-order chi connectivity index (χ0) is 14.5. The van der Waals surface area contributed by atoms with Crippen LogP contribution in [0.25, 0.3) is 11.1 Å². The normalized spacial score (nSPS) is 10.3. The average molecular weight is 277 g/mol. The smallest absolute Gasteiger partial charge is 0.128 e. The second kappa shape index (κ2) is 6.23. The Balaban J connectivity index is 1.85. The lowest BCUT2D eigenvalue weighted by Crippen LogP contribution is -2.02. The molecular weight excluding hydrogens is 261 g/mol. The monoisotopic (exact) mass is 277 g/mol. The molecule has 2 heteroatoms. The minimum atomic E-state index is -0.179. The lowest BCUT2D eigenvalue weighted by molar-refractivity contribution is 0.613. The van der Waals surface area contributed by atoms with Crippen molar-refractivity contribution in [3.8, 4) is 11.1 Å². The molecule has 3 rings (SSSR count). The van der Waals surface area contributed by atoms with E-state index in [1.807, 2.05) is 42.5 Å². The molecule has 0 saturated heterocycles. The van der Waals surface area contributed by atoms with Crippen LogP contribution in [-0.2, 0) is 6.54 Å². The van der Waals surface area contributed by atoms with Gasteiger partial charge in [0.2, 0.25) is 0 Å². The van der Waals surface area contributed by atoms with Crippen molar-refractivity contribution in [1.82, 2.24) is 0 Å². The van der Waals surface area contributed by atoms with Crippen molar-refractivity contribution in [2.45, 2.75) is 6.54 Å². The Morgan fingerprint density at radius 2 is 1.38 bits per heavy atom. The minimum Gasteiger partial charge on any atom is -0.380 e. The van der Waals surface area contributed by atoms with Gasteiger partial charge in [-0.1, -0.05) is 66.7 Å². The van der Waals surface area contributed by atoms with Crippen LogP contribution in [0.1, 0.15) is 5.56 Å². The molecule has 0 amide bonds. The predicted molar refractivity (Wildman–Crippen MR) is 85.6 cm³/mol. The fourth-order valence-corrected chi connectivity index (χ4v) is 2.34. The lowest BCUT2D eigenvalue weighted by Gasteiger charge is -2.12. The first-order chi connectivity index (χ1) is 10.3. The summed E-state index contributed by atoms with van der Waals surface area (Å²) in [6.45, 7) is 0.469. The van der Waals surface area contributed by atoms with Crippen LogP contribution in [0.4, 0.5) is 10.1 Å². The van der Waals surface area contributed by atoms with Gasteiger partial charge in [0, 0.05) is 23.4 Å². The van der Waals surface area contributed by atoms with Crippen LogP contribution in [0, 0.1) is 5.82 Å². The fraction of sp³-hybridized carbons (Fsp3) is 0.0526. The number of rotatable bonds is 4. The summed E-state index contributed by atoms with van der Waals surface area (Å²) >= 11 is 0. The summed E-state index contributed by atoms with van der Waals surface area (Å²) in [6, 6.07) is 25.1. The standard InChI is InChI=1S/C19H16FN/c20-18-12-6-4-10-16(18)14-21-19-13-7-5-11-17(19)15-8-2-1-3-9-15/h1-13,21H,14H2. The molecule has 0 fully saturated rings. The Morgan fingerprint density at radius 1 is 0.714 bits per heavy atom. The molecule has 0 aromatic heterocycles. The summed E-state index contributed by atoms with van der Waals surface area (Å²) in [5.74, 6) is -0.179. The molecule has 0 saturated carbocycles. The summed E-state index contributed by atoms with van der Waals surface area (Å²) < 4.78 is 13.7. The summed E-state index contributed by atoms with van der Waals surface area (Å²) in [4.78, 5) is 0. The molecule has 0 unspecified atom stereocenters. The van der Waals surface area contributed by atoms with E-state index in [4.69, 9.17) is 0 Å². The molecule has 0 radical (unpaired) electrons. The topological polar surface area (TPSA) is 12.0 Å². The summed E-state index contributed by atoms with van der Waals surface area (Å²) in [6.07, 6.45) is 0. The largest absolute Gasteiger partial charge is 0.380 e. The van der Waals surface area contributed by atoms with Gasteiger partial charge in [-0.05, 0) is 17.7 Å². The van der Waals surface area contributed by atoms with E-state index in [0.29, 0.717) is 12.1 Å². The number of hydrogen-bond donors (Lipinski definition) is 1. The Morgan fingerprint density at radius 3 is 2.19 bits per heavy atom. The van der Waals surface area contributed by atoms with Gasteiger partial charge in [-0.25, -0.2) is 4.39 Å². The van der Waals surface area contributed by atoms with Crippen LogP contribution in [-0.4, -0.2) is 0 Å². The molecule has 0 heterocycles. The molecule has 104 valence electrons. The van der Waals surface area contributed by atoms with Gasteiger partial charge in [-0.2, -0.15) is 0 Å². The van der Waals surface area contributed by atoms with E-state index in [2.05, 4.69) is 23.5 Å². The van der Waals surface area contributed by atoms with Crippen molar-refractivity contribution in [2.75, 3.05) is 5.32 Å². The van der Waals surface area contributed by atoms with E-state index in [1.54, 1.807) is 12.1 Å². The van der Waals surface area contributed by atoms with E-state index >= 15 is 0 Å². The third kappa shape index (κ3) is 3.11. The van der Waals surface area contributed by atoms with Crippen LogP contribution < -0.4 is 5.32 Å². The van der Waals surface area contributed by atoms with Gasteiger partial charge in [0.25, 0.3) is 0 Å². The lowest BCUT2D eigenvalue weighted by atomic mass is 10.0. The molecule has 0 aliphatic heterocycles. The zero-order valence-corrected chi connectivity index (χ0v) is 11.6. The van der Waals surface area contributed by atoms with Gasteiger partial charge >= 0.3 is 0 Å². The third-order valence-corrected chi connectivity index (χ3v) is 3.44. The number of benzene rings is 3. The highest BCUT2D eigenvalue weighted by Gasteiger charge is 2.05. The number of halogens is 1. The fourth-order valence-electron chi connectivity index (χ4n) is 2.34. The first-order valence-electron chi connectivity index (χ1n) is 6.96. The Bertz CT molecular complexity index is 722. The van der Waals surface area contributed by atoms with Gasteiger partial charge < -0.3 is 5.32 Å². The Hall–Kier alpha value is -2.61. The molecule has 0 atom stereocenters. The molecule has 3 aromatic rings. The van der Waals surface area contributed by atoms with E-state index in [0.717, 1.165) is 16.8 Å². The van der Waals surface area contributed by atoms with Gasteiger partial charge in [-0.15, -0.1) is 0 Å². The predicted octanol–water partition coefficient (Wildman–Crippen LogP) is 5.10. The maximum absolute atomic E-state index is 13.7. The molecule has 0 bridgehead atoms. The third-order valence-electron chi connectivity index (χ3n) is 3.44. The van der Waals surface area contributed by atoms with Crippen molar-refractivity contribution in [2.24, 2.45) is 0 Å². The summed E-state index contributed by atoms with van der Waals surface area (Å²) in [5, 5.41) is 3.33. The van der Waals surface area contributed by atoms with Crippen LogP contribution in [0.2, 0.25) is 0 Å². The quantitative estimate of drug-likeness (QED) is 0.699. The van der Waals surface area contributed by atoms with E-state index in [1.165, 1.54) is 6.07 Å². The molecule has 21 heavy (non-hydrogen) atoms. The minimum absolute atomic E-state index is 0.179. The van der Waals surface area contributed by atoms with Crippen molar-refractivity contribution in [3.63, 3.8) is 0 Å². The molecule has 1 nitrogen and oxygen atoms in total. The van der Waals surface area contributed by atoms with Crippen molar-refractivity contribution >= 4 is 5.69 Å². The van der Waals surface area contributed by atoms with Crippen LogP contribution in [0.5, 0.6) is 0 Å². The SMILES string of the molecule is Fc1ccccc1CNc1ccccc1-c1ccccc1. The maximum atomic E-state index is 13.7. The van der Waals surface area contributed by atoms with Gasteiger partial charge in [-0.3, -0.25) is 0 Å². The number of hydrogen-bond acceptors (Lipinski definition) is 1. The van der Waals surface area contributed by atoms with Crippen LogP contribution in [0.15, 0.2) is 78.9 Å². The second-order valence-corrected chi connectivity index (χ2v) is 4.86. The summed E-state index contributed by atoms with van der Waals surface area (Å²) in [5.41, 5.74) is 3.94. The van der Waals surface area contributed by atoms with Crippen LogP contribution >= 0.6 is 0 Å². The highest BCUT2D eigenvalue weighted by atomic mass is 19.1. The van der Waals surface area contributed by atoms with E-state index in [9.17, 15) is 4.39 Å². The molecule has 0 spiro atoms. The highest BCUT2D eigenvalue weighted by Crippen LogP contribution is 2.28. The van der Waals surface area contributed by atoms with Gasteiger partial charge in [0.1, 0.15) is 5.82 Å². The number of anilines is 1. The number of nitrogens with one attached hydrogen (secondary N) is 1. The van der Waals surface area contributed by atoms with Crippen LogP contribution in [0.3, 0.4) is 0 Å². The maximum Gasteiger partial charge on any atom is 0.128 e. The zero-order valence-electron chi connectivity index (χ0n) is 11.6. The summed E-state index contributed by atoms with van der Waals surface area (Å²) in [7, 11) is 0. The average Bonchev–Trinajstić information content (AvgIpc) is 2.55. The van der Waals surface area contributed by atoms with E-state index in [-0.39, 0.29) is 5.82 Å². The molecule has 0 aliphatic rings. The molecular formula is C19H16FN. The van der Waals surface area contributed by atoms with Crippen molar-refractivity contribution in [1.29, 1.82) is 0 Å². The second-order valence-electron chi connectivity index (χ2n) is 4.86. The van der Waals surface area contributed by atoms with Crippen molar-refractivity contribution < 1.29 is 4.39 Å². The first-order valence-corrected chi connectivity index (χ1v) is 6.96. The van der Waals surface area contributed by atoms with Gasteiger partial charge in [0.15, 0.2) is 0 Å².